The molecule has 0 bridgehead atoms. The quantitative estimate of drug-likeness (QED) is 0.710. The second kappa shape index (κ2) is 10.5. The van der Waals surface area contributed by atoms with E-state index in [4.69, 9.17) is 5.11 Å². The first-order chi connectivity index (χ1) is 5.58. The van der Waals surface area contributed by atoms with Gasteiger partial charge in [0.05, 0.1) is 0 Å². The molecule has 0 amide bonds. The van der Waals surface area contributed by atoms with Crippen LogP contribution in [0.3, 0.4) is 0 Å². The van der Waals surface area contributed by atoms with Gasteiger partial charge in [0.15, 0.2) is 0 Å². The third-order valence-electron chi connectivity index (χ3n) is 1.55. The lowest BCUT2D eigenvalue weighted by molar-refractivity contribution is -0.137. The summed E-state index contributed by atoms with van der Waals surface area (Å²) in [7, 11) is 0. The molecule has 12 heavy (non-hydrogen) atoms. The molecule has 2 nitrogen and oxygen atoms in total. The Bertz CT molecular complexity index is 100. The van der Waals surface area contributed by atoms with Gasteiger partial charge in [0.25, 0.3) is 0 Å². The van der Waals surface area contributed by atoms with Gasteiger partial charge in [-0.2, -0.15) is 0 Å². The van der Waals surface area contributed by atoms with Gasteiger partial charge in [-0.1, -0.05) is 40.5 Å². The third kappa shape index (κ3) is 16.2. The van der Waals surface area contributed by atoms with Crippen LogP contribution in [0.5, 0.6) is 0 Å². The lowest BCUT2D eigenvalue weighted by Crippen LogP contribution is -1.99. The Morgan fingerprint density at radius 3 is 2.00 bits per heavy atom. The predicted octanol–water partition coefficient (Wildman–Crippen LogP) is 3.31. The van der Waals surface area contributed by atoms with Gasteiger partial charge in [0, 0.05) is 6.42 Å². The third-order valence-corrected chi connectivity index (χ3v) is 1.55. The van der Waals surface area contributed by atoms with Gasteiger partial charge in [0.1, 0.15) is 0 Å². The second-order valence-electron chi connectivity index (χ2n) is 3.15. The molecule has 0 aliphatic rings. The van der Waals surface area contributed by atoms with Crippen LogP contribution < -0.4 is 0 Å². The molecule has 0 saturated carbocycles. The molecule has 0 aromatic heterocycles. The smallest absolute Gasteiger partial charge is 0.303 e. The molecule has 0 aromatic carbocycles. The van der Waals surface area contributed by atoms with Crippen LogP contribution in [0, 0.1) is 5.92 Å². The van der Waals surface area contributed by atoms with E-state index in [9.17, 15) is 4.79 Å². The fourth-order valence-electron chi connectivity index (χ4n) is 0.574. The van der Waals surface area contributed by atoms with E-state index in [1.807, 2.05) is 0 Å². The van der Waals surface area contributed by atoms with Crippen molar-refractivity contribution in [3.8, 4) is 0 Å². The van der Waals surface area contributed by atoms with Crippen molar-refractivity contribution in [2.24, 2.45) is 5.92 Å². The molecule has 0 aromatic rings. The maximum Gasteiger partial charge on any atom is 0.303 e. The van der Waals surface area contributed by atoms with Crippen molar-refractivity contribution in [2.75, 3.05) is 0 Å². The van der Waals surface area contributed by atoms with Crippen LogP contribution >= 0.6 is 0 Å². The van der Waals surface area contributed by atoms with Crippen LogP contribution in [0.4, 0.5) is 0 Å². The molecule has 74 valence electrons. The molecule has 0 aliphatic carbocycles. The van der Waals surface area contributed by atoms with Crippen LogP contribution in [0.1, 0.15) is 53.4 Å². The normalized spacial score (nSPS) is 11.3. The van der Waals surface area contributed by atoms with Crippen LogP contribution in [-0.2, 0) is 4.79 Å². The molecule has 0 spiro atoms. The van der Waals surface area contributed by atoms with Crippen molar-refractivity contribution in [2.45, 2.75) is 53.4 Å². The zero-order chi connectivity index (χ0) is 9.98. The summed E-state index contributed by atoms with van der Waals surface area (Å²) < 4.78 is 0. The van der Waals surface area contributed by atoms with Crippen LogP contribution in [0.2, 0.25) is 0 Å². The van der Waals surface area contributed by atoms with E-state index in [1.54, 1.807) is 0 Å². The van der Waals surface area contributed by atoms with E-state index in [-0.39, 0.29) is 0 Å². The summed E-state index contributed by atoms with van der Waals surface area (Å²) in [6.45, 7) is 8.40. The lowest BCUT2D eigenvalue weighted by Gasteiger charge is -2.03. The SMILES string of the molecule is CCC.CCC(C)CCC(=O)O. The molecule has 0 fully saturated rings. The van der Waals surface area contributed by atoms with Gasteiger partial charge in [-0.25, -0.2) is 0 Å². The van der Waals surface area contributed by atoms with Gasteiger partial charge in [-0.3, -0.25) is 4.79 Å². The zero-order valence-corrected chi connectivity index (χ0v) is 8.76. The molecule has 0 radical (unpaired) electrons. The highest BCUT2D eigenvalue weighted by Crippen LogP contribution is 2.08. The predicted molar refractivity (Wildman–Crippen MR) is 52.3 cm³/mol. The summed E-state index contributed by atoms with van der Waals surface area (Å²) >= 11 is 0. The maximum atomic E-state index is 10.0. The van der Waals surface area contributed by atoms with Crippen molar-refractivity contribution >= 4 is 5.97 Å². The Hall–Kier alpha value is -0.530. The van der Waals surface area contributed by atoms with E-state index < -0.39 is 5.97 Å². The average Bonchev–Trinajstić information content (AvgIpc) is 2.01. The summed E-state index contributed by atoms with van der Waals surface area (Å²) in [5.74, 6) is -0.128. The minimum Gasteiger partial charge on any atom is -0.481 e. The summed E-state index contributed by atoms with van der Waals surface area (Å²) in [4.78, 5) is 10.0. The molecule has 0 rings (SSSR count). The monoisotopic (exact) mass is 174 g/mol. The number of carboxylic acid groups (broad SMARTS) is 1. The van der Waals surface area contributed by atoms with Gasteiger partial charge in [0.2, 0.25) is 0 Å². The number of hydrogen-bond acceptors (Lipinski definition) is 1. The minimum atomic E-state index is -0.685. The van der Waals surface area contributed by atoms with E-state index >= 15 is 0 Å². The van der Waals surface area contributed by atoms with Gasteiger partial charge < -0.3 is 5.11 Å². The van der Waals surface area contributed by atoms with Crippen molar-refractivity contribution in [1.82, 2.24) is 0 Å². The highest BCUT2D eigenvalue weighted by Gasteiger charge is 2.01. The first-order valence-electron chi connectivity index (χ1n) is 4.80. The van der Waals surface area contributed by atoms with Crippen molar-refractivity contribution in [1.29, 1.82) is 0 Å². The number of carboxylic acids is 1. The largest absolute Gasteiger partial charge is 0.481 e. The van der Waals surface area contributed by atoms with Crippen LogP contribution in [0.25, 0.3) is 0 Å². The standard InChI is InChI=1S/C7H14O2.C3H8/c1-3-6(2)4-5-7(8)9;1-3-2/h6H,3-5H2,1-2H3,(H,8,9);3H2,1-2H3. The topological polar surface area (TPSA) is 37.3 Å². The minimum absolute atomic E-state index is 0.314. The number of aliphatic carboxylic acids is 1. The lowest BCUT2D eigenvalue weighted by atomic mass is 10.0. The molecule has 1 atom stereocenters. The Morgan fingerprint density at radius 2 is 1.75 bits per heavy atom. The van der Waals surface area contributed by atoms with Gasteiger partial charge in [-0.05, 0) is 12.3 Å². The Balaban J connectivity index is 0. The maximum absolute atomic E-state index is 10.0. The van der Waals surface area contributed by atoms with E-state index in [0.717, 1.165) is 12.8 Å². The van der Waals surface area contributed by atoms with Gasteiger partial charge >= 0.3 is 5.97 Å². The van der Waals surface area contributed by atoms with Crippen LogP contribution in [-0.4, -0.2) is 11.1 Å². The first-order valence-corrected chi connectivity index (χ1v) is 4.80. The number of carbonyl (C=O) groups is 1. The highest BCUT2D eigenvalue weighted by atomic mass is 16.4. The van der Waals surface area contributed by atoms with Gasteiger partial charge in [-0.15, -0.1) is 0 Å². The van der Waals surface area contributed by atoms with E-state index in [2.05, 4.69) is 27.7 Å². The molecule has 1 unspecified atom stereocenters. The van der Waals surface area contributed by atoms with Crippen molar-refractivity contribution in [3.63, 3.8) is 0 Å². The Labute approximate surface area is 76.0 Å². The van der Waals surface area contributed by atoms with Crippen LogP contribution in [0.15, 0.2) is 0 Å². The summed E-state index contributed by atoms with van der Waals surface area (Å²) in [6.07, 6.45) is 3.45. The first kappa shape index (κ1) is 14.0. The molecule has 0 saturated heterocycles. The van der Waals surface area contributed by atoms with E-state index in [1.165, 1.54) is 6.42 Å². The summed E-state index contributed by atoms with van der Waals surface area (Å²) in [6, 6.07) is 0. The number of rotatable bonds is 4. The summed E-state index contributed by atoms with van der Waals surface area (Å²) in [5.41, 5.74) is 0. The molecule has 2 heteroatoms. The molecular formula is C10H22O2. The second-order valence-corrected chi connectivity index (χ2v) is 3.15. The average molecular weight is 174 g/mol. The fraction of sp³-hybridized carbons (Fsp3) is 0.900. The van der Waals surface area contributed by atoms with Crippen molar-refractivity contribution in [3.05, 3.63) is 0 Å². The summed E-state index contributed by atoms with van der Waals surface area (Å²) in [5, 5.41) is 8.26. The fourth-order valence-corrected chi connectivity index (χ4v) is 0.574. The molecule has 1 N–H and O–H groups in total. The Morgan fingerprint density at radius 1 is 1.33 bits per heavy atom. The molecule has 0 heterocycles. The van der Waals surface area contributed by atoms with Crippen molar-refractivity contribution < 1.29 is 9.90 Å². The highest BCUT2D eigenvalue weighted by molar-refractivity contribution is 5.66. The van der Waals surface area contributed by atoms with E-state index in [0.29, 0.717) is 12.3 Å². The number of hydrogen-bond donors (Lipinski definition) is 1. The molecule has 0 aliphatic heterocycles. The molecular weight excluding hydrogens is 152 g/mol. The zero-order valence-electron chi connectivity index (χ0n) is 8.76. The Kier molecular flexibility index (Phi) is 12.2.